The molecule has 4 heterocycles. The van der Waals surface area contributed by atoms with Crippen molar-refractivity contribution in [2.75, 3.05) is 6.54 Å². The number of ether oxygens (including phenoxy) is 1. The van der Waals surface area contributed by atoms with Crippen molar-refractivity contribution in [1.29, 1.82) is 0 Å². The zero-order valence-electron chi connectivity index (χ0n) is 29.7. The molecule has 2 aliphatic carbocycles. The van der Waals surface area contributed by atoms with Gasteiger partial charge < -0.3 is 25.4 Å². The van der Waals surface area contributed by atoms with Gasteiger partial charge in [-0.2, -0.15) is 4.98 Å². The molecule has 4 aliphatic rings. The minimum atomic E-state index is -4.01. The van der Waals surface area contributed by atoms with Crippen LogP contribution < -0.4 is 20.1 Å². The van der Waals surface area contributed by atoms with Crippen LogP contribution in [0.2, 0.25) is 5.02 Å². The molecule has 17 heteroatoms. The summed E-state index contributed by atoms with van der Waals surface area (Å²) in [6, 6.07) is 2.88. The topological polar surface area (TPSA) is 201 Å². The second-order valence-electron chi connectivity index (χ2n) is 15.3. The molecule has 2 aliphatic heterocycles. The Balaban J connectivity index is 1.25. The summed E-state index contributed by atoms with van der Waals surface area (Å²) in [5.41, 5.74) is -0.842. The summed E-state index contributed by atoms with van der Waals surface area (Å²) in [6.07, 6.45) is 8.40. The second-order valence-corrected chi connectivity index (χ2v) is 17.9. The number of imidazole rings is 1. The van der Waals surface area contributed by atoms with Crippen molar-refractivity contribution >= 4 is 62.1 Å². The van der Waals surface area contributed by atoms with E-state index in [1.165, 1.54) is 4.90 Å². The van der Waals surface area contributed by atoms with E-state index in [2.05, 4.69) is 25.3 Å². The molecule has 0 spiro atoms. The molecule has 2 saturated carbocycles. The van der Waals surface area contributed by atoms with Gasteiger partial charge in [-0.3, -0.25) is 23.5 Å². The van der Waals surface area contributed by atoms with Gasteiger partial charge >= 0.3 is 6.09 Å². The minimum absolute atomic E-state index is 0.0253. The summed E-state index contributed by atoms with van der Waals surface area (Å²) in [5.74, 6) is -2.29. The first kappa shape index (κ1) is 36.9. The smallest absolute Gasteiger partial charge is 0.405 e. The van der Waals surface area contributed by atoms with Crippen molar-refractivity contribution < 1.29 is 37.4 Å². The van der Waals surface area contributed by atoms with Gasteiger partial charge in [-0.1, -0.05) is 44.0 Å². The lowest BCUT2D eigenvalue weighted by Gasteiger charge is -2.33. The first-order valence-electron chi connectivity index (χ1n) is 18.1. The van der Waals surface area contributed by atoms with Gasteiger partial charge in [-0.05, 0) is 75.5 Å². The number of allylic oxidation sites excluding steroid dienone is 1. The Hall–Kier alpha value is -4.44. The van der Waals surface area contributed by atoms with Gasteiger partial charge in [0.25, 0.3) is 5.91 Å². The molecule has 2 aromatic heterocycles. The normalized spacial score (nSPS) is 30.7. The lowest BCUT2D eigenvalue weighted by molar-refractivity contribution is -0.142. The van der Waals surface area contributed by atoms with Gasteiger partial charge in [0.1, 0.15) is 23.7 Å². The number of carboxylic acid groups (broad SMARTS) is 1. The van der Waals surface area contributed by atoms with Crippen LogP contribution in [-0.2, 0) is 24.4 Å². The van der Waals surface area contributed by atoms with E-state index in [-0.39, 0.29) is 37.1 Å². The highest BCUT2D eigenvalue weighted by atomic mass is 35.5. The minimum Gasteiger partial charge on any atom is -0.472 e. The molecule has 4 N–H and O–H groups in total. The molecule has 1 saturated heterocycles. The molecule has 0 radical (unpaired) electrons. The standard InChI is InChI=1S/C36H44ClN7O8S/c1-4-21-15-20(2)7-5-6-8-22-18-36(22,32(47)42-53(50,51)35(3)11-12-35)41-29(45)27-17-24(19-44(27)31(46)28(21)39-34(48)49)52-30-25-16-23(37)9-10-26(25)43-14-13-38-33(43)40-30/h6,8-10,13-14,16,20-22,24,27-28,39H,4-5,7,11-12,15,17-19H2,1-3H3,(H,41,45)(H,42,47)(H,48,49)/b8-6-/t20-,21-,22-,24-,27+,28+,36-/m1/s1. The third kappa shape index (κ3) is 7.02. The van der Waals surface area contributed by atoms with Crippen LogP contribution in [0, 0.1) is 17.8 Å². The maximum Gasteiger partial charge on any atom is 0.405 e. The van der Waals surface area contributed by atoms with Crippen LogP contribution in [0.25, 0.3) is 16.7 Å². The highest BCUT2D eigenvalue weighted by Gasteiger charge is 2.63. The largest absolute Gasteiger partial charge is 0.472 e. The molecule has 3 fully saturated rings. The lowest BCUT2D eigenvalue weighted by atomic mass is 9.85. The van der Waals surface area contributed by atoms with E-state index in [4.69, 9.17) is 16.3 Å². The fraction of sp³-hybridized carbons (Fsp3) is 0.556. The molecule has 7 rings (SSSR count). The Kier molecular flexibility index (Phi) is 9.58. The highest BCUT2D eigenvalue weighted by Crippen LogP contribution is 2.47. The van der Waals surface area contributed by atoms with Crippen LogP contribution in [0.3, 0.4) is 0 Å². The fourth-order valence-electron chi connectivity index (χ4n) is 7.80. The summed E-state index contributed by atoms with van der Waals surface area (Å²) < 4.78 is 35.7. The molecule has 1 aromatic carbocycles. The van der Waals surface area contributed by atoms with Crippen molar-refractivity contribution in [3.63, 3.8) is 0 Å². The van der Waals surface area contributed by atoms with E-state index in [1.807, 2.05) is 26.0 Å². The SMILES string of the molecule is CC[C@@H]1C[C@H](C)CC/C=C\[C@@H]2C[C@@]2(C(=O)NS(=O)(=O)C2(C)CC2)NC(=O)[C@@H]2C[C@@H](Oc3nc4nccn4c4ccc(Cl)cc34)CN2C(=O)[C@H]1NC(=O)O. The van der Waals surface area contributed by atoms with Crippen LogP contribution in [0.15, 0.2) is 42.7 Å². The third-order valence-corrected chi connectivity index (χ3v) is 13.8. The van der Waals surface area contributed by atoms with Crippen LogP contribution in [-0.4, -0.2) is 91.6 Å². The Labute approximate surface area is 311 Å². The number of carbonyl (C=O) groups is 4. The Morgan fingerprint density at radius 3 is 2.70 bits per heavy atom. The van der Waals surface area contributed by atoms with E-state index in [0.717, 1.165) is 11.9 Å². The maximum absolute atomic E-state index is 14.6. The first-order chi connectivity index (χ1) is 25.1. The third-order valence-electron chi connectivity index (χ3n) is 11.4. The van der Waals surface area contributed by atoms with Crippen molar-refractivity contribution in [2.45, 2.75) is 101 Å². The van der Waals surface area contributed by atoms with Crippen molar-refractivity contribution in [3.8, 4) is 5.88 Å². The van der Waals surface area contributed by atoms with Crippen molar-refractivity contribution in [2.24, 2.45) is 17.8 Å². The maximum atomic E-state index is 14.6. The number of hydrogen-bond donors (Lipinski definition) is 4. The lowest BCUT2D eigenvalue weighted by Crippen LogP contribution is -2.59. The van der Waals surface area contributed by atoms with Gasteiger partial charge in [-0.25, -0.2) is 18.2 Å². The van der Waals surface area contributed by atoms with E-state index in [1.54, 1.807) is 41.9 Å². The summed E-state index contributed by atoms with van der Waals surface area (Å²) in [4.78, 5) is 65.2. The van der Waals surface area contributed by atoms with Crippen LogP contribution in [0.1, 0.15) is 72.1 Å². The van der Waals surface area contributed by atoms with Crippen molar-refractivity contribution in [1.82, 2.24) is 34.6 Å². The van der Waals surface area contributed by atoms with Gasteiger partial charge in [0.15, 0.2) is 0 Å². The average molecular weight is 770 g/mol. The van der Waals surface area contributed by atoms with Crippen LogP contribution in [0.5, 0.6) is 5.88 Å². The van der Waals surface area contributed by atoms with Gasteiger partial charge in [-0.15, -0.1) is 0 Å². The number of nitrogens with zero attached hydrogens (tertiary/aromatic N) is 4. The summed E-state index contributed by atoms with van der Waals surface area (Å²) in [6.45, 7) is 5.42. The Morgan fingerprint density at radius 2 is 1.98 bits per heavy atom. The zero-order valence-corrected chi connectivity index (χ0v) is 31.3. The zero-order chi connectivity index (χ0) is 37.9. The molecule has 4 amide bonds. The number of halogens is 1. The molecule has 7 atom stereocenters. The first-order valence-corrected chi connectivity index (χ1v) is 19.9. The fourth-order valence-corrected chi connectivity index (χ4v) is 9.29. The van der Waals surface area contributed by atoms with E-state index in [9.17, 15) is 32.7 Å². The summed E-state index contributed by atoms with van der Waals surface area (Å²) >= 11 is 6.37. The molecule has 0 unspecified atom stereocenters. The van der Waals surface area contributed by atoms with Gasteiger partial charge in [0.2, 0.25) is 33.5 Å². The number of amides is 4. The van der Waals surface area contributed by atoms with Crippen molar-refractivity contribution in [3.05, 3.63) is 47.8 Å². The molecule has 284 valence electrons. The predicted octanol–water partition coefficient (Wildman–Crippen LogP) is 3.80. The van der Waals surface area contributed by atoms with Gasteiger partial charge in [0, 0.05) is 29.8 Å². The van der Waals surface area contributed by atoms with Crippen LogP contribution in [0.4, 0.5) is 4.79 Å². The molecule has 53 heavy (non-hydrogen) atoms. The number of sulfonamides is 1. The Morgan fingerprint density at radius 1 is 1.21 bits per heavy atom. The summed E-state index contributed by atoms with van der Waals surface area (Å²) in [7, 11) is -4.01. The average Bonchev–Trinajstić information content (AvgIpc) is 3.89. The Bertz CT molecular complexity index is 2120. The quantitative estimate of drug-likeness (QED) is 0.256. The highest BCUT2D eigenvalue weighted by molar-refractivity contribution is 7.91. The van der Waals surface area contributed by atoms with E-state index in [0.29, 0.717) is 48.3 Å². The van der Waals surface area contributed by atoms with Crippen LogP contribution >= 0.6 is 11.6 Å². The van der Waals surface area contributed by atoms with Gasteiger partial charge in [0.05, 0.1) is 22.2 Å². The predicted molar refractivity (Wildman–Crippen MR) is 195 cm³/mol. The molecular formula is C36H44ClN7O8S. The molecular weight excluding hydrogens is 726 g/mol. The summed E-state index contributed by atoms with van der Waals surface area (Å²) in [5, 5.41) is 16.2. The van der Waals surface area contributed by atoms with E-state index < -0.39 is 68.2 Å². The molecule has 3 aromatic rings. The molecule has 15 nitrogen and oxygen atoms in total. The number of rotatable bonds is 7. The second kappa shape index (κ2) is 13.8. The number of fused-ring (bicyclic) bond motifs is 5. The number of hydrogen-bond acceptors (Lipinski definition) is 9. The molecule has 0 bridgehead atoms. The monoisotopic (exact) mass is 769 g/mol. The number of carbonyl (C=O) groups excluding carboxylic acids is 3. The number of benzene rings is 1. The number of nitrogens with one attached hydrogen (secondary N) is 3. The number of aromatic nitrogens is 3. The van der Waals surface area contributed by atoms with E-state index >= 15 is 0 Å².